The summed E-state index contributed by atoms with van der Waals surface area (Å²) in [5.74, 6) is -0.450. The van der Waals surface area contributed by atoms with Crippen LogP contribution in [0.1, 0.15) is 57.8 Å². The third-order valence-corrected chi connectivity index (χ3v) is 5.87. The molecule has 1 aliphatic carbocycles. The fourth-order valence-corrected chi connectivity index (χ4v) is 4.55. The fraction of sp³-hybridized carbons (Fsp3) is 0.833. The van der Waals surface area contributed by atoms with Gasteiger partial charge in [0.1, 0.15) is 0 Å². The van der Waals surface area contributed by atoms with E-state index in [0.29, 0.717) is 32.0 Å². The first-order chi connectivity index (χ1) is 11.5. The lowest BCUT2D eigenvalue weighted by Gasteiger charge is -2.34. The van der Waals surface area contributed by atoms with E-state index in [1.54, 1.807) is 0 Å². The molecule has 2 amide bonds. The predicted octanol–water partition coefficient (Wildman–Crippen LogP) is 1.88. The van der Waals surface area contributed by atoms with Crippen molar-refractivity contribution in [3.8, 4) is 0 Å². The van der Waals surface area contributed by atoms with E-state index in [0.717, 1.165) is 32.2 Å². The molecule has 0 aromatic rings. The van der Waals surface area contributed by atoms with Crippen molar-refractivity contribution in [3.63, 3.8) is 0 Å². The largest absolute Gasteiger partial charge is 0.481 e. The van der Waals surface area contributed by atoms with Gasteiger partial charge < -0.3 is 14.9 Å². The van der Waals surface area contributed by atoms with Crippen LogP contribution in [0.15, 0.2) is 0 Å². The summed E-state index contributed by atoms with van der Waals surface area (Å²) < 4.78 is 0. The van der Waals surface area contributed by atoms with Gasteiger partial charge in [-0.2, -0.15) is 0 Å². The van der Waals surface area contributed by atoms with Crippen molar-refractivity contribution in [2.75, 3.05) is 19.6 Å². The number of carboxylic acid groups (broad SMARTS) is 1. The van der Waals surface area contributed by atoms with Crippen LogP contribution in [0.2, 0.25) is 0 Å². The van der Waals surface area contributed by atoms with Crippen LogP contribution in [-0.4, -0.2) is 58.4 Å². The van der Waals surface area contributed by atoms with Crippen LogP contribution in [0.3, 0.4) is 0 Å². The van der Waals surface area contributed by atoms with Gasteiger partial charge in [-0.25, -0.2) is 0 Å². The van der Waals surface area contributed by atoms with Crippen molar-refractivity contribution in [1.29, 1.82) is 0 Å². The van der Waals surface area contributed by atoms with Gasteiger partial charge in [0, 0.05) is 38.5 Å². The Hall–Kier alpha value is -1.59. The van der Waals surface area contributed by atoms with E-state index >= 15 is 0 Å². The van der Waals surface area contributed by atoms with Crippen LogP contribution in [0.25, 0.3) is 0 Å². The zero-order chi connectivity index (χ0) is 17.1. The van der Waals surface area contributed by atoms with E-state index in [1.807, 2.05) is 9.80 Å². The number of rotatable bonds is 5. The van der Waals surface area contributed by atoms with E-state index in [-0.39, 0.29) is 30.1 Å². The molecule has 134 valence electrons. The highest BCUT2D eigenvalue weighted by molar-refractivity contribution is 5.89. The summed E-state index contributed by atoms with van der Waals surface area (Å²) in [6.07, 6.45) is 7.61. The molecule has 6 nitrogen and oxygen atoms in total. The van der Waals surface area contributed by atoms with Crippen molar-refractivity contribution in [1.82, 2.24) is 9.80 Å². The van der Waals surface area contributed by atoms with Gasteiger partial charge in [0.25, 0.3) is 0 Å². The van der Waals surface area contributed by atoms with E-state index in [2.05, 4.69) is 0 Å². The Labute approximate surface area is 143 Å². The number of hydrogen-bond donors (Lipinski definition) is 1. The van der Waals surface area contributed by atoms with Gasteiger partial charge in [0.15, 0.2) is 0 Å². The molecule has 3 rings (SSSR count). The lowest BCUT2D eigenvalue weighted by Crippen LogP contribution is -2.44. The van der Waals surface area contributed by atoms with Gasteiger partial charge >= 0.3 is 5.97 Å². The molecule has 1 saturated carbocycles. The average Bonchev–Trinajstić information content (AvgIpc) is 3.21. The number of carboxylic acids is 1. The number of hydrogen-bond acceptors (Lipinski definition) is 3. The molecule has 3 fully saturated rings. The summed E-state index contributed by atoms with van der Waals surface area (Å²) in [5.41, 5.74) is 0. The molecular weight excluding hydrogens is 308 g/mol. The molecule has 1 N–H and O–H groups in total. The minimum Gasteiger partial charge on any atom is -0.481 e. The smallest absolute Gasteiger partial charge is 0.303 e. The maximum absolute atomic E-state index is 12.8. The fourth-order valence-electron chi connectivity index (χ4n) is 4.55. The SMILES string of the molecule is O=C(O)CC[C@@H]1CCCN(C(=O)[C@H]2CC(=O)N(C3CCCC3)C2)C1. The molecule has 0 radical (unpaired) electrons. The highest BCUT2D eigenvalue weighted by Gasteiger charge is 2.40. The quantitative estimate of drug-likeness (QED) is 0.831. The lowest BCUT2D eigenvalue weighted by molar-refractivity contribution is -0.138. The minimum absolute atomic E-state index is 0.101. The standard InChI is InChI=1S/C18H28N2O4/c21-16-10-14(12-20(16)15-5-1-2-6-15)18(24)19-9-3-4-13(11-19)7-8-17(22)23/h13-15H,1-12H2,(H,22,23)/t13-,14-/m0/s1. The first kappa shape index (κ1) is 17.2. The van der Waals surface area contributed by atoms with Crippen LogP contribution >= 0.6 is 0 Å². The van der Waals surface area contributed by atoms with Crippen LogP contribution < -0.4 is 0 Å². The summed E-state index contributed by atoms with van der Waals surface area (Å²) in [4.78, 5) is 39.7. The minimum atomic E-state index is -0.771. The second kappa shape index (κ2) is 7.53. The van der Waals surface area contributed by atoms with Gasteiger partial charge in [-0.05, 0) is 38.0 Å². The number of carbonyl (C=O) groups is 3. The summed E-state index contributed by atoms with van der Waals surface area (Å²) in [7, 11) is 0. The van der Waals surface area contributed by atoms with Crippen LogP contribution in [-0.2, 0) is 14.4 Å². The summed E-state index contributed by atoms with van der Waals surface area (Å²) in [6, 6.07) is 0.347. The monoisotopic (exact) mass is 336 g/mol. The molecule has 2 aliphatic heterocycles. The zero-order valence-electron chi connectivity index (χ0n) is 14.3. The topological polar surface area (TPSA) is 77.9 Å². The van der Waals surface area contributed by atoms with Gasteiger partial charge in [-0.15, -0.1) is 0 Å². The first-order valence-electron chi connectivity index (χ1n) is 9.34. The number of nitrogens with zero attached hydrogens (tertiary/aromatic N) is 2. The predicted molar refractivity (Wildman–Crippen MR) is 88.2 cm³/mol. The molecule has 3 aliphatic rings. The van der Waals surface area contributed by atoms with Crippen molar-refractivity contribution < 1.29 is 19.5 Å². The van der Waals surface area contributed by atoms with Gasteiger partial charge in [0.05, 0.1) is 5.92 Å². The zero-order valence-corrected chi connectivity index (χ0v) is 14.3. The van der Waals surface area contributed by atoms with Crippen molar-refractivity contribution in [2.24, 2.45) is 11.8 Å². The summed E-state index contributed by atoms with van der Waals surface area (Å²) in [5, 5.41) is 8.83. The Bertz CT molecular complexity index is 501. The normalized spacial score (nSPS) is 28.6. The molecule has 2 heterocycles. The third kappa shape index (κ3) is 3.90. The van der Waals surface area contributed by atoms with Crippen molar-refractivity contribution in [3.05, 3.63) is 0 Å². The number of carbonyl (C=O) groups excluding carboxylic acids is 2. The van der Waals surface area contributed by atoms with E-state index < -0.39 is 5.97 Å². The van der Waals surface area contributed by atoms with E-state index in [4.69, 9.17) is 5.11 Å². The number of amides is 2. The van der Waals surface area contributed by atoms with E-state index in [1.165, 1.54) is 12.8 Å². The molecular formula is C18H28N2O4. The number of piperidine rings is 1. The average molecular weight is 336 g/mol. The molecule has 2 atom stereocenters. The summed E-state index contributed by atoms with van der Waals surface area (Å²) in [6.45, 7) is 1.98. The number of aliphatic carboxylic acids is 1. The first-order valence-corrected chi connectivity index (χ1v) is 9.34. The molecule has 0 aromatic heterocycles. The molecule has 0 aromatic carbocycles. The molecule has 0 unspecified atom stereocenters. The molecule has 2 saturated heterocycles. The van der Waals surface area contributed by atoms with Gasteiger partial charge in [-0.3, -0.25) is 14.4 Å². The highest BCUT2D eigenvalue weighted by atomic mass is 16.4. The Morgan fingerprint density at radius 1 is 1.08 bits per heavy atom. The Balaban J connectivity index is 1.54. The van der Waals surface area contributed by atoms with Crippen LogP contribution in [0.5, 0.6) is 0 Å². The summed E-state index contributed by atoms with van der Waals surface area (Å²) >= 11 is 0. The highest BCUT2D eigenvalue weighted by Crippen LogP contribution is 2.31. The maximum atomic E-state index is 12.8. The Morgan fingerprint density at radius 2 is 1.83 bits per heavy atom. The molecule has 24 heavy (non-hydrogen) atoms. The van der Waals surface area contributed by atoms with Gasteiger partial charge in [0.2, 0.25) is 11.8 Å². The van der Waals surface area contributed by atoms with Gasteiger partial charge in [-0.1, -0.05) is 12.8 Å². The lowest BCUT2D eigenvalue weighted by atomic mass is 9.92. The number of likely N-dealkylation sites (tertiary alicyclic amines) is 2. The maximum Gasteiger partial charge on any atom is 0.303 e. The van der Waals surface area contributed by atoms with Crippen LogP contribution in [0.4, 0.5) is 0 Å². The van der Waals surface area contributed by atoms with Crippen LogP contribution in [0, 0.1) is 11.8 Å². The Morgan fingerprint density at radius 3 is 2.54 bits per heavy atom. The molecule has 6 heteroatoms. The molecule has 0 spiro atoms. The second-order valence-corrected chi connectivity index (χ2v) is 7.61. The van der Waals surface area contributed by atoms with E-state index in [9.17, 15) is 14.4 Å². The molecule has 0 bridgehead atoms. The van der Waals surface area contributed by atoms with Crippen molar-refractivity contribution in [2.45, 2.75) is 63.8 Å². The van der Waals surface area contributed by atoms with Crippen molar-refractivity contribution >= 4 is 17.8 Å². The Kier molecular flexibility index (Phi) is 5.41. The third-order valence-electron chi connectivity index (χ3n) is 5.87. The second-order valence-electron chi connectivity index (χ2n) is 7.61.